The lowest BCUT2D eigenvalue weighted by molar-refractivity contribution is 0.686. The van der Waals surface area contributed by atoms with Gasteiger partial charge in [-0.3, -0.25) is 16.0 Å². The largest absolute Gasteiger partial charge is 0.282 e. The predicted molar refractivity (Wildman–Crippen MR) is 78.9 cm³/mol. The smallest absolute Gasteiger partial charge is 0.144 e. The molecule has 3 unspecified atom stereocenters. The molecular formula is C12H24BrN3P+. The molecule has 3 fully saturated rings. The van der Waals surface area contributed by atoms with Gasteiger partial charge in [0.05, 0.1) is 0 Å². The van der Waals surface area contributed by atoms with E-state index in [1.165, 1.54) is 58.2 Å². The van der Waals surface area contributed by atoms with Gasteiger partial charge in [-0.05, 0) is 58.2 Å². The Labute approximate surface area is 113 Å². The minimum absolute atomic E-state index is 0.744. The van der Waals surface area contributed by atoms with Gasteiger partial charge in [0.1, 0.15) is 38.8 Å². The summed E-state index contributed by atoms with van der Waals surface area (Å²) in [5, 5.41) is 11.3. The van der Waals surface area contributed by atoms with Crippen molar-refractivity contribution in [2.45, 2.75) is 55.9 Å². The van der Waals surface area contributed by atoms with E-state index >= 15 is 0 Å². The van der Waals surface area contributed by atoms with Crippen LogP contribution in [-0.2, 0) is 0 Å². The quantitative estimate of drug-likeness (QED) is 0.699. The van der Waals surface area contributed by atoms with E-state index in [0.717, 1.165) is 17.3 Å². The average Bonchev–Trinajstić information content (AvgIpc) is 3.10. The van der Waals surface area contributed by atoms with Crippen LogP contribution in [-0.4, -0.2) is 37.0 Å². The Kier molecular flexibility index (Phi) is 4.08. The molecule has 0 aromatic carbocycles. The average molecular weight is 321 g/mol. The third-order valence-corrected chi connectivity index (χ3v) is 13.2. The maximum atomic E-state index is 4.29. The van der Waals surface area contributed by atoms with Crippen molar-refractivity contribution in [2.75, 3.05) is 19.6 Å². The summed E-state index contributed by atoms with van der Waals surface area (Å²) >= 11 is 4.29. The lowest BCUT2D eigenvalue weighted by atomic mass is 10.4. The molecule has 3 atom stereocenters. The third-order valence-electron chi connectivity index (χ3n) is 4.54. The number of rotatable bonds is 3. The SMILES string of the molecule is Br[P+](C1CCCN1)(C1CCCN1)C1CCCN1. The van der Waals surface area contributed by atoms with Crippen LogP contribution in [0.5, 0.6) is 0 Å². The van der Waals surface area contributed by atoms with Gasteiger partial charge in [-0.1, -0.05) is 0 Å². The topological polar surface area (TPSA) is 36.1 Å². The highest BCUT2D eigenvalue weighted by Crippen LogP contribution is 2.78. The van der Waals surface area contributed by atoms with Crippen molar-refractivity contribution in [3.8, 4) is 0 Å². The van der Waals surface area contributed by atoms with Gasteiger partial charge in [-0.15, -0.1) is 0 Å². The van der Waals surface area contributed by atoms with Gasteiger partial charge in [0, 0.05) is 0 Å². The molecule has 0 saturated carbocycles. The molecule has 3 nitrogen and oxygen atoms in total. The second kappa shape index (κ2) is 5.42. The Balaban J connectivity index is 1.81. The summed E-state index contributed by atoms with van der Waals surface area (Å²) in [4.78, 5) is 0. The van der Waals surface area contributed by atoms with E-state index in [4.69, 9.17) is 0 Å². The number of nitrogens with one attached hydrogen (secondary N) is 3. The molecular weight excluding hydrogens is 297 g/mol. The summed E-state index contributed by atoms with van der Waals surface area (Å²) in [5.41, 5.74) is 0. The van der Waals surface area contributed by atoms with Gasteiger partial charge >= 0.3 is 0 Å². The first-order valence-corrected chi connectivity index (χ1v) is 11.1. The van der Waals surface area contributed by atoms with E-state index < -0.39 is 5.96 Å². The molecule has 0 aromatic heterocycles. The monoisotopic (exact) mass is 320 g/mol. The Morgan fingerprint density at radius 2 is 1.06 bits per heavy atom. The molecule has 3 N–H and O–H groups in total. The van der Waals surface area contributed by atoms with Crippen LogP contribution in [0.2, 0.25) is 0 Å². The lowest BCUT2D eigenvalue weighted by Gasteiger charge is -2.35. The van der Waals surface area contributed by atoms with Crippen molar-refractivity contribution in [1.29, 1.82) is 0 Å². The lowest BCUT2D eigenvalue weighted by Crippen LogP contribution is -2.41. The highest BCUT2D eigenvalue weighted by atomic mass is 79.9. The van der Waals surface area contributed by atoms with Crippen molar-refractivity contribution in [3.63, 3.8) is 0 Å². The second-order valence-corrected chi connectivity index (χ2v) is 12.6. The summed E-state index contributed by atoms with van der Waals surface area (Å²) < 4.78 is 0. The Bertz CT molecular complexity index is 218. The molecule has 0 spiro atoms. The molecule has 98 valence electrons. The maximum Gasteiger partial charge on any atom is 0.144 e. The Morgan fingerprint density at radius 1 is 0.706 bits per heavy atom. The molecule has 0 aromatic rings. The Morgan fingerprint density at radius 3 is 1.29 bits per heavy atom. The van der Waals surface area contributed by atoms with Crippen LogP contribution in [0.3, 0.4) is 0 Å². The predicted octanol–water partition coefficient (Wildman–Crippen LogP) is 2.44. The van der Waals surface area contributed by atoms with Crippen molar-refractivity contribution >= 4 is 21.5 Å². The highest BCUT2D eigenvalue weighted by molar-refractivity contribution is 9.42. The minimum atomic E-state index is -1.13. The van der Waals surface area contributed by atoms with Crippen LogP contribution < -0.4 is 16.0 Å². The van der Waals surface area contributed by atoms with E-state index in [1.54, 1.807) is 0 Å². The minimum Gasteiger partial charge on any atom is -0.282 e. The normalized spacial score (nSPS) is 41.8. The van der Waals surface area contributed by atoms with E-state index in [1.807, 2.05) is 0 Å². The molecule has 3 aliphatic rings. The Hall–Kier alpha value is 0.790. The highest BCUT2D eigenvalue weighted by Gasteiger charge is 2.58. The molecule has 3 aliphatic heterocycles. The standard InChI is InChI=1S/C12H24BrN3P/c13-17(10-4-1-7-14-10,11-5-2-8-15-11)12-6-3-9-16-12/h10-12,14-16H,1-9H2/q+1. The van der Waals surface area contributed by atoms with Gasteiger partial charge < -0.3 is 0 Å². The zero-order chi connectivity index (χ0) is 11.7. The second-order valence-electron chi connectivity index (χ2n) is 5.58. The summed E-state index contributed by atoms with van der Waals surface area (Å²) in [5.74, 6) is 1.10. The number of hydrogen-bond acceptors (Lipinski definition) is 3. The van der Waals surface area contributed by atoms with Gasteiger partial charge in [-0.25, -0.2) is 0 Å². The fourth-order valence-corrected chi connectivity index (χ4v) is 11.1. The van der Waals surface area contributed by atoms with Gasteiger partial charge in [0.25, 0.3) is 0 Å². The van der Waals surface area contributed by atoms with E-state index in [-0.39, 0.29) is 0 Å². The fraction of sp³-hybridized carbons (Fsp3) is 1.00. The first-order valence-electron chi connectivity index (χ1n) is 7.10. The molecule has 0 radical (unpaired) electrons. The van der Waals surface area contributed by atoms with Crippen molar-refractivity contribution < 1.29 is 0 Å². The van der Waals surface area contributed by atoms with Crippen LogP contribution in [0.15, 0.2) is 0 Å². The van der Waals surface area contributed by atoms with Gasteiger partial charge in [0.15, 0.2) is 0 Å². The third kappa shape index (κ3) is 2.32. The van der Waals surface area contributed by atoms with E-state index in [0.29, 0.717) is 0 Å². The summed E-state index contributed by atoms with van der Waals surface area (Å²) in [6.07, 6.45) is 8.19. The first kappa shape index (κ1) is 12.8. The molecule has 3 saturated heterocycles. The molecule has 0 amide bonds. The van der Waals surface area contributed by atoms with Crippen LogP contribution in [0.25, 0.3) is 0 Å². The zero-order valence-electron chi connectivity index (χ0n) is 10.4. The zero-order valence-corrected chi connectivity index (χ0v) is 12.9. The van der Waals surface area contributed by atoms with Crippen molar-refractivity contribution in [3.05, 3.63) is 0 Å². The maximum absolute atomic E-state index is 4.29. The van der Waals surface area contributed by atoms with E-state index in [2.05, 4.69) is 31.4 Å². The van der Waals surface area contributed by atoms with Crippen LogP contribution in [0.1, 0.15) is 38.5 Å². The van der Waals surface area contributed by atoms with Crippen molar-refractivity contribution in [2.24, 2.45) is 0 Å². The van der Waals surface area contributed by atoms with Crippen molar-refractivity contribution in [1.82, 2.24) is 16.0 Å². The molecule has 5 heteroatoms. The number of hydrogen-bond donors (Lipinski definition) is 3. The molecule has 3 rings (SSSR count). The molecule has 3 heterocycles. The van der Waals surface area contributed by atoms with Gasteiger partial charge in [0.2, 0.25) is 0 Å². The first-order chi connectivity index (χ1) is 8.32. The van der Waals surface area contributed by atoms with Crippen LogP contribution in [0.4, 0.5) is 0 Å². The molecule has 0 aliphatic carbocycles. The molecule has 0 bridgehead atoms. The fourth-order valence-electron chi connectivity index (χ4n) is 3.66. The summed E-state index contributed by atoms with van der Waals surface area (Å²) in [6, 6.07) is 0. The van der Waals surface area contributed by atoms with E-state index in [9.17, 15) is 0 Å². The number of halogens is 1. The van der Waals surface area contributed by atoms with Gasteiger partial charge in [-0.2, -0.15) is 0 Å². The molecule has 17 heavy (non-hydrogen) atoms. The van der Waals surface area contributed by atoms with Crippen LogP contribution >= 0.6 is 21.5 Å². The van der Waals surface area contributed by atoms with Crippen LogP contribution in [0, 0.1) is 0 Å². The summed E-state index contributed by atoms with van der Waals surface area (Å²) in [6.45, 7) is 3.66. The summed E-state index contributed by atoms with van der Waals surface area (Å²) in [7, 11) is 0.